The SMILES string of the molecule is CC1CCC(C(C)(C)c2ccccc2)C(OC(=O)C(=O)c2ccc(CCF)cc2)C1. The molecule has 0 amide bonds. The summed E-state index contributed by atoms with van der Waals surface area (Å²) in [5.41, 5.74) is 2.11. The first-order valence-electron chi connectivity index (χ1n) is 10.8. The highest BCUT2D eigenvalue weighted by Gasteiger charge is 2.42. The molecular weight excluding hydrogens is 379 g/mol. The van der Waals surface area contributed by atoms with Gasteiger partial charge in [0.25, 0.3) is 5.78 Å². The molecule has 1 aliphatic rings. The van der Waals surface area contributed by atoms with Crippen LogP contribution in [0.3, 0.4) is 0 Å². The van der Waals surface area contributed by atoms with Crippen molar-refractivity contribution in [1.29, 1.82) is 0 Å². The lowest BCUT2D eigenvalue weighted by Crippen LogP contribution is -2.44. The normalized spacial score (nSPS) is 21.8. The summed E-state index contributed by atoms with van der Waals surface area (Å²) in [6, 6.07) is 16.8. The zero-order chi connectivity index (χ0) is 21.7. The van der Waals surface area contributed by atoms with Crippen LogP contribution in [-0.2, 0) is 21.4 Å². The van der Waals surface area contributed by atoms with Crippen LogP contribution in [-0.4, -0.2) is 24.5 Å². The Morgan fingerprint density at radius 3 is 2.33 bits per heavy atom. The van der Waals surface area contributed by atoms with E-state index in [9.17, 15) is 14.0 Å². The van der Waals surface area contributed by atoms with Gasteiger partial charge in [-0.1, -0.05) is 81.8 Å². The summed E-state index contributed by atoms with van der Waals surface area (Å²) in [5, 5.41) is 0. The summed E-state index contributed by atoms with van der Waals surface area (Å²) in [5.74, 6) is -0.863. The number of rotatable bonds is 7. The second-order valence-corrected chi connectivity index (χ2v) is 9.02. The Morgan fingerprint density at radius 1 is 1.03 bits per heavy atom. The smallest absolute Gasteiger partial charge is 0.379 e. The Bertz CT molecular complexity index is 858. The molecule has 0 spiro atoms. The summed E-state index contributed by atoms with van der Waals surface area (Å²) < 4.78 is 18.3. The lowest BCUT2D eigenvalue weighted by atomic mass is 9.64. The minimum atomic E-state index is -0.804. The molecule has 1 fully saturated rings. The van der Waals surface area contributed by atoms with E-state index in [1.54, 1.807) is 24.3 Å². The number of carbonyl (C=O) groups excluding carboxylic acids is 2. The second-order valence-electron chi connectivity index (χ2n) is 9.02. The highest BCUT2D eigenvalue weighted by molar-refractivity contribution is 6.40. The van der Waals surface area contributed by atoms with E-state index in [0.29, 0.717) is 12.3 Å². The van der Waals surface area contributed by atoms with Crippen molar-refractivity contribution in [3.05, 3.63) is 71.3 Å². The van der Waals surface area contributed by atoms with Gasteiger partial charge in [-0.25, -0.2) is 4.79 Å². The average Bonchev–Trinajstić information content (AvgIpc) is 2.74. The van der Waals surface area contributed by atoms with Crippen LogP contribution in [0.2, 0.25) is 0 Å². The summed E-state index contributed by atoms with van der Waals surface area (Å²) in [6.07, 6.45) is 2.79. The number of carbonyl (C=O) groups is 2. The zero-order valence-electron chi connectivity index (χ0n) is 18.1. The Labute approximate surface area is 178 Å². The molecule has 3 rings (SSSR count). The number of hydrogen-bond donors (Lipinski definition) is 0. The molecule has 0 N–H and O–H groups in total. The second kappa shape index (κ2) is 9.55. The van der Waals surface area contributed by atoms with Crippen LogP contribution in [0.1, 0.15) is 61.5 Å². The van der Waals surface area contributed by atoms with E-state index in [-0.39, 0.29) is 23.0 Å². The molecule has 0 bridgehead atoms. The van der Waals surface area contributed by atoms with Crippen LogP contribution in [0.25, 0.3) is 0 Å². The molecular formula is C26H31FO3. The Balaban J connectivity index is 1.76. The van der Waals surface area contributed by atoms with Gasteiger partial charge < -0.3 is 4.74 Å². The molecule has 4 heteroatoms. The zero-order valence-corrected chi connectivity index (χ0v) is 18.1. The maximum absolute atomic E-state index is 12.7. The van der Waals surface area contributed by atoms with Gasteiger partial charge >= 0.3 is 5.97 Å². The Hall–Kier alpha value is -2.49. The molecule has 0 heterocycles. The number of benzene rings is 2. The van der Waals surface area contributed by atoms with Gasteiger partial charge in [0.2, 0.25) is 0 Å². The van der Waals surface area contributed by atoms with Crippen molar-refractivity contribution in [3.8, 4) is 0 Å². The number of ketones is 1. The van der Waals surface area contributed by atoms with Gasteiger partial charge in [0.15, 0.2) is 0 Å². The minimum absolute atomic E-state index is 0.139. The van der Waals surface area contributed by atoms with Gasteiger partial charge in [0, 0.05) is 17.9 Å². The number of ether oxygens (including phenoxy) is 1. The first-order valence-corrected chi connectivity index (χ1v) is 10.8. The standard InChI is InChI=1S/C26H31FO3/c1-18-9-14-22(26(2,3)21-7-5-4-6-8-21)23(17-18)30-25(29)24(28)20-12-10-19(11-13-20)15-16-27/h4-8,10-13,18,22-23H,9,14-17H2,1-3H3. The summed E-state index contributed by atoms with van der Waals surface area (Å²) >= 11 is 0. The summed E-state index contributed by atoms with van der Waals surface area (Å²) in [7, 11) is 0. The van der Waals surface area contributed by atoms with Crippen molar-refractivity contribution in [2.24, 2.45) is 11.8 Å². The van der Waals surface area contributed by atoms with Crippen molar-refractivity contribution in [2.45, 2.75) is 58.0 Å². The summed E-state index contributed by atoms with van der Waals surface area (Å²) in [4.78, 5) is 25.4. The van der Waals surface area contributed by atoms with Gasteiger partial charge in [0.1, 0.15) is 6.10 Å². The van der Waals surface area contributed by atoms with Gasteiger partial charge in [-0.2, -0.15) is 0 Å². The highest BCUT2D eigenvalue weighted by Crippen LogP contribution is 2.43. The molecule has 160 valence electrons. The van der Waals surface area contributed by atoms with Crippen molar-refractivity contribution in [1.82, 2.24) is 0 Å². The minimum Gasteiger partial charge on any atom is -0.456 e. The van der Waals surface area contributed by atoms with Gasteiger partial charge in [0.05, 0.1) is 6.67 Å². The third-order valence-electron chi connectivity index (χ3n) is 6.54. The molecule has 0 aromatic heterocycles. The van der Waals surface area contributed by atoms with E-state index in [4.69, 9.17) is 4.74 Å². The number of aryl methyl sites for hydroxylation is 1. The van der Waals surface area contributed by atoms with Crippen molar-refractivity contribution in [3.63, 3.8) is 0 Å². The maximum Gasteiger partial charge on any atom is 0.379 e. The van der Waals surface area contributed by atoms with Crippen LogP contribution >= 0.6 is 0 Å². The van der Waals surface area contributed by atoms with E-state index < -0.39 is 18.4 Å². The molecule has 3 nitrogen and oxygen atoms in total. The Morgan fingerprint density at radius 2 is 1.70 bits per heavy atom. The van der Waals surface area contributed by atoms with Crippen LogP contribution in [0.5, 0.6) is 0 Å². The molecule has 3 atom stereocenters. The molecule has 1 saturated carbocycles. The highest BCUT2D eigenvalue weighted by atomic mass is 19.1. The molecule has 1 aliphatic carbocycles. The molecule has 0 saturated heterocycles. The number of esters is 1. The van der Waals surface area contributed by atoms with Gasteiger partial charge in [-0.3, -0.25) is 9.18 Å². The number of hydrogen-bond acceptors (Lipinski definition) is 3. The molecule has 3 unspecified atom stereocenters. The van der Waals surface area contributed by atoms with Crippen molar-refractivity contribution < 1.29 is 18.7 Å². The largest absolute Gasteiger partial charge is 0.456 e. The van der Waals surface area contributed by atoms with Crippen LogP contribution < -0.4 is 0 Å². The number of halogens is 1. The summed E-state index contributed by atoms with van der Waals surface area (Å²) in [6.45, 7) is 6.09. The van der Waals surface area contributed by atoms with Crippen molar-refractivity contribution >= 4 is 11.8 Å². The number of alkyl halides is 1. The topological polar surface area (TPSA) is 43.4 Å². The van der Waals surface area contributed by atoms with E-state index in [2.05, 4.69) is 32.9 Å². The predicted octanol–water partition coefficient (Wildman–Crippen LogP) is 5.71. The first-order chi connectivity index (χ1) is 14.3. The van der Waals surface area contributed by atoms with Gasteiger partial charge in [-0.15, -0.1) is 0 Å². The monoisotopic (exact) mass is 410 g/mol. The van der Waals surface area contributed by atoms with Crippen LogP contribution in [0.15, 0.2) is 54.6 Å². The maximum atomic E-state index is 12.7. The molecule has 30 heavy (non-hydrogen) atoms. The van der Waals surface area contributed by atoms with Crippen LogP contribution in [0, 0.1) is 11.8 Å². The fourth-order valence-electron chi connectivity index (χ4n) is 4.61. The fraction of sp³-hybridized carbons (Fsp3) is 0.462. The van der Waals surface area contributed by atoms with Crippen molar-refractivity contribution in [2.75, 3.05) is 6.67 Å². The fourth-order valence-corrected chi connectivity index (χ4v) is 4.61. The quantitative estimate of drug-likeness (QED) is 0.334. The molecule has 0 aliphatic heterocycles. The van der Waals surface area contributed by atoms with E-state index in [1.165, 1.54) is 5.56 Å². The van der Waals surface area contributed by atoms with E-state index in [0.717, 1.165) is 24.8 Å². The third-order valence-corrected chi connectivity index (χ3v) is 6.54. The first kappa shape index (κ1) is 22.2. The van der Waals surface area contributed by atoms with E-state index in [1.807, 2.05) is 18.2 Å². The molecule has 2 aromatic carbocycles. The molecule has 0 radical (unpaired) electrons. The molecule has 2 aromatic rings. The van der Waals surface area contributed by atoms with Gasteiger partial charge in [-0.05, 0) is 35.3 Å². The Kier molecular flexibility index (Phi) is 7.06. The van der Waals surface area contributed by atoms with E-state index >= 15 is 0 Å². The third kappa shape index (κ3) is 4.97. The lowest BCUT2D eigenvalue weighted by molar-refractivity contribution is -0.150. The average molecular weight is 411 g/mol. The number of Topliss-reactive ketones (excluding diaryl/α,β-unsaturated/α-hetero) is 1. The predicted molar refractivity (Wildman–Crippen MR) is 116 cm³/mol. The lowest BCUT2D eigenvalue weighted by Gasteiger charge is -2.43. The van der Waals surface area contributed by atoms with Crippen LogP contribution in [0.4, 0.5) is 4.39 Å².